The second-order valence-corrected chi connectivity index (χ2v) is 12.5. The molecule has 0 aliphatic heterocycles. The molecule has 0 radical (unpaired) electrons. The number of fused-ring (bicyclic) bond motifs is 6. The van der Waals surface area contributed by atoms with Gasteiger partial charge in [0.15, 0.2) is 11.6 Å². The largest absolute Gasteiger partial charge is 0.456 e. The van der Waals surface area contributed by atoms with Crippen LogP contribution in [0.25, 0.3) is 94.7 Å². The van der Waals surface area contributed by atoms with Gasteiger partial charge in [-0.05, 0) is 52.6 Å². The zero-order valence-electron chi connectivity index (χ0n) is 26.9. The SMILES string of the molecule is c1ccc(-c2ccc3oc4cccc(-c5nc(-c6ccccc6)nc(-n6c7ccccc7c7ccc(-c8ccccc8)cc76)n5)c4c3c2)cc1. The second-order valence-electron chi connectivity index (χ2n) is 12.5. The van der Waals surface area contributed by atoms with Crippen LogP contribution in [0.1, 0.15) is 0 Å². The lowest BCUT2D eigenvalue weighted by Crippen LogP contribution is -2.06. The lowest BCUT2D eigenvalue weighted by molar-refractivity contribution is 0.669. The van der Waals surface area contributed by atoms with E-state index in [2.05, 4.69) is 120 Å². The first-order valence-electron chi connectivity index (χ1n) is 16.7. The molecule has 0 aliphatic carbocycles. The number of aromatic nitrogens is 4. The van der Waals surface area contributed by atoms with Crippen molar-refractivity contribution >= 4 is 43.7 Å². The van der Waals surface area contributed by atoms with E-state index in [4.69, 9.17) is 19.4 Å². The van der Waals surface area contributed by atoms with Crippen LogP contribution in [0.4, 0.5) is 0 Å². The molecule has 0 saturated carbocycles. The van der Waals surface area contributed by atoms with Crippen molar-refractivity contribution in [2.24, 2.45) is 0 Å². The normalized spacial score (nSPS) is 11.6. The lowest BCUT2D eigenvalue weighted by Gasteiger charge is -2.12. The molecule has 0 spiro atoms. The van der Waals surface area contributed by atoms with Crippen molar-refractivity contribution in [2.75, 3.05) is 0 Å². The van der Waals surface area contributed by atoms with E-state index in [9.17, 15) is 0 Å². The maximum absolute atomic E-state index is 6.42. The topological polar surface area (TPSA) is 56.7 Å². The van der Waals surface area contributed by atoms with E-state index < -0.39 is 0 Å². The van der Waals surface area contributed by atoms with E-state index in [1.807, 2.05) is 54.6 Å². The summed E-state index contributed by atoms with van der Waals surface area (Å²) in [5.74, 6) is 1.74. The predicted molar refractivity (Wildman–Crippen MR) is 203 cm³/mol. The Balaban J connectivity index is 1.26. The molecule has 5 nitrogen and oxygen atoms in total. The third-order valence-electron chi connectivity index (χ3n) is 9.48. The minimum absolute atomic E-state index is 0.556. The number of nitrogens with zero attached hydrogens (tertiary/aromatic N) is 4. The maximum atomic E-state index is 6.42. The highest BCUT2D eigenvalue weighted by molar-refractivity contribution is 6.13. The minimum Gasteiger partial charge on any atom is -0.456 e. The van der Waals surface area contributed by atoms with E-state index in [0.29, 0.717) is 17.6 Å². The summed E-state index contributed by atoms with van der Waals surface area (Å²) in [6.45, 7) is 0. The Bertz CT molecular complexity index is 2860. The molecule has 50 heavy (non-hydrogen) atoms. The summed E-state index contributed by atoms with van der Waals surface area (Å²) in [6.07, 6.45) is 0. The monoisotopic (exact) mass is 640 g/mol. The van der Waals surface area contributed by atoms with Gasteiger partial charge in [0.25, 0.3) is 0 Å². The molecule has 0 amide bonds. The van der Waals surface area contributed by atoms with Crippen molar-refractivity contribution in [3.63, 3.8) is 0 Å². The van der Waals surface area contributed by atoms with Gasteiger partial charge in [-0.25, -0.2) is 4.98 Å². The highest BCUT2D eigenvalue weighted by Crippen LogP contribution is 2.39. The Kier molecular flexibility index (Phi) is 6.42. The highest BCUT2D eigenvalue weighted by atomic mass is 16.3. The number of hydrogen-bond donors (Lipinski definition) is 0. The quantitative estimate of drug-likeness (QED) is 0.188. The first kappa shape index (κ1) is 28.2. The highest BCUT2D eigenvalue weighted by Gasteiger charge is 2.21. The fourth-order valence-corrected chi connectivity index (χ4v) is 7.12. The lowest BCUT2D eigenvalue weighted by atomic mass is 10.0. The summed E-state index contributed by atoms with van der Waals surface area (Å²) in [6, 6.07) is 58.6. The van der Waals surface area contributed by atoms with E-state index in [0.717, 1.165) is 77.1 Å². The molecule has 10 aromatic rings. The molecule has 3 heterocycles. The van der Waals surface area contributed by atoms with Gasteiger partial charge in [-0.15, -0.1) is 0 Å². The average molecular weight is 641 g/mol. The third kappa shape index (κ3) is 4.60. The Hall–Kier alpha value is -6.85. The van der Waals surface area contributed by atoms with Crippen LogP contribution in [-0.4, -0.2) is 19.5 Å². The van der Waals surface area contributed by atoms with Gasteiger partial charge in [0, 0.05) is 32.7 Å². The summed E-state index contributed by atoms with van der Waals surface area (Å²) in [7, 11) is 0. The van der Waals surface area contributed by atoms with Gasteiger partial charge in [0.05, 0.1) is 11.0 Å². The van der Waals surface area contributed by atoms with Crippen molar-refractivity contribution in [3.8, 4) is 51.0 Å². The van der Waals surface area contributed by atoms with E-state index in [1.165, 1.54) is 0 Å². The van der Waals surface area contributed by atoms with Crippen molar-refractivity contribution in [3.05, 3.63) is 170 Å². The zero-order valence-corrected chi connectivity index (χ0v) is 26.9. The summed E-state index contributed by atoms with van der Waals surface area (Å²) >= 11 is 0. The minimum atomic E-state index is 0.556. The summed E-state index contributed by atoms with van der Waals surface area (Å²) in [5.41, 5.74) is 10.0. The summed E-state index contributed by atoms with van der Waals surface area (Å²) < 4.78 is 8.59. The fraction of sp³-hybridized carbons (Fsp3) is 0. The van der Waals surface area contributed by atoms with E-state index in [1.54, 1.807) is 0 Å². The number of benzene rings is 7. The van der Waals surface area contributed by atoms with Gasteiger partial charge in [0.1, 0.15) is 11.2 Å². The fourth-order valence-electron chi connectivity index (χ4n) is 7.12. The van der Waals surface area contributed by atoms with Crippen LogP contribution in [-0.2, 0) is 0 Å². The van der Waals surface area contributed by atoms with Crippen LogP contribution in [0, 0.1) is 0 Å². The molecule has 0 N–H and O–H groups in total. The van der Waals surface area contributed by atoms with Crippen LogP contribution in [0.15, 0.2) is 174 Å². The third-order valence-corrected chi connectivity index (χ3v) is 9.48. The molecule has 7 aromatic carbocycles. The molecule has 0 aliphatic rings. The van der Waals surface area contributed by atoms with Gasteiger partial charge in [-0.1, -0.05) is 140 Å². The van der Waals surface area contributed by atoms with Gasteiger partial charge in [0.2, 0.25) is 5.95 Å². The van der Waals surface area contributed by atoms with Crippen LogP contribution < -0.4 is 0 Å². The predicted octanol–water partition coefficient (Wildman–Crippen LogP) is 11.5. The van der Waals surface area contributed by atoms with Crippen molar-refractivity contribution in [1.82, 2.24) is 19.5 Å². The number of para-hydroxylation sites is 1. The Morgan fingerprint density at radius 2 is 1.00 bits per heavy atom. The van der Waals surface area contributed by atoms with Crippen molar-refractivity contribution in [1.29, 1.82) is 0 Å². The van der Waals surface area contributed by atoms with Crippen LogP contribution >= 0.6 is 0 Å². The van der Waals surface area contributed by atoms with Crippen LogP contribution in [0.2, 0.25) is 0 Å². The first-order valence-corrected chi connectivity index (χ1v) is 16.7. The van der Waals surface area contributed by atoms with Gasteiger partial charge >= 0.3 is 0 Å². The number of rotatable bonds is 5. The van der Waals surface area contributed by atoms with Gasteiger partial charge in [-0.3, -0.25) is 4.57 Å². The molecule has 10 rings (SSSR count). The Morgan fingerprint density at radius 3 is 1.76 bits per heavy atom. The van der Waals surface area contributed by atoms with E-state index in [-0.39, 0.29) is 0 Å². The molecule has 0 unspecified atom stereocenters. The number of hydrogen-bond acceptors (Lipinski definition) is 4. The van der Waals surface area contributed by atoms with Crippen molar-refractivity contribution < 1.29 is 4.42 Å². The van der Waals surface area contributed by atoms with Gasteiger partial charge < -0.3 is 4.42 Å². The smallest absolute Gasteiger partial charge is 0.238 e. The molecule has 0 fully saturated rings. The molecule has 5 heteroatoms. The molecular formula is C45H28N4O. The summed E-state index contributed by atoms with van der Waals surface area (Å²) in [5, 5.41) is 4.27. The van der Waals surface area contributed by atoms with E-state index >= 15 is 0 Å². The average Bonchev–Trinajstić information content (AvgIpc) is 3.74. The van der Waals surface area contributed by atoms with Gasteiger partial charge in [-0.2, -0.15) is 9.97 Å². The number of furan rings is 1. The first-order chi connectivity index (χ1) is 24.8. The maximum Gasteiger partial charge on any atom is 0.238 e. The zero-order chi connectivity index (χ0) is 33.0. The molecule has 0 atom stereocenters. The second kappa shape index (κ2) is 11.4. The molecule has 234 valence electrons. The summed E-state index contributed by atoms with van der Waals surface area (Å²) in [4.78, 5) is 15.6. The van der Waals surface area contributed by atoms with Crippen LogP contribution in [0.3, 0.4) is 0 Å². The molecule has 3 aromatic heterocycles. The van der Waals surface area contributed by atoms with Crippen molar-refractivity contribution in [2.45, 2.75) is 0 Å². The molecular weight excluding hydrogens is 613 g/mol. The standard InChI is InChI=1S/C45H28N4O/c1-4-13-29(14-5-1)32-24-26-40-37(27-32)42-36(20-12-22-41(42)50-40)44-46-43(31-17-8-3-9-18-31)47-45(48-44)49-38-21-11-10-19-34(38)35-25-23-33(28-39(35)49)30-15-6-2-7-16-30/h1-28H. The van der Waals surface area contributed by atoms with Crippen LogP contribution in [0.5, 0.6) is 0 Å². The molecule has 0 saturated heterocycles. The molecule has 0 bridgehead atoms. The Labute approximate surface area is 287 Å². The Morgan fingerprint density at radius 1 is 0.380 bits per heavy atom.